The van der Waals surface area contributed by atoms with Gasteiger partial charge in [0.05, 0.1) is 6.10 Å². The molecule has 0 heterocycles. The molecule has 1 heteroatoms. The van der Waals surface area contributed by atoms with E-state index < -0.39 is 0 Å². The summed E-state index contributed by atoms with van der Waals surface area (Å²) in [5.41, 5.74) is 0.106. The SMILES string of the molecule is CCCCCC(C)(C)C(C)O. The van der Waals surface area contributed by atoms with E-state index in [1.165, 1.54) is 19.3 Å². The van der Waals surface area contributed by atoms with Crippen molar-refractivity contribution in [1.29, 1.82) is 0 Å². The first-order valence-electron chi connectivity index (χ1n) is 4.68. The summed E-state index contributed by atoms with van der Waals surface area (Å²) in [6.45, 7) is 8.35. The maximum atomic E-state index is 9.38. The molecular formula is C10H22O. The predicted molar refractivity (Wildman–Crippen MR) is 49.6 cm³/mol. The summed E-state index contributed by atoms with van der Waals surface area (Å²) in [6.07, 6.45) is 4.75. The van der Waals surface area contributed by atoms with Crippen molar-refractivity contribution in [3.63, 3.8) is 0 Å². The molecule has 0 radical (unpaired) electrons. The van der Waals surface area contributed by atoms with Crippen molar-refractivity contribution in [2.75, 3.05) is 0 Å². The molecule has 0 aromatic heterocycles. The third-order valence-electron chi connectivity index (χ3n) is 2.56. The van der Waals surface area contributed by atoms with Gasteiger partial charge in [-0.3, -0.25) is 0 Å². The predicted octanol–water partition coefficient (Wildman–Crippen LogP) is 2.97. The first kappa shape index (κ1) is 11.0. The third kappa shape index (κ3) is 4.41. The molecule has 0 fully saturated rings. The molecule has 1 nitrogen and oxygen atoms in total. The molecule has 1 atom stereocenters. The molecular weight excluding hydrogens is 136 g/mol. The van der Waals surface area contributed by atoms with E-state index in [1.54, 1.807) is 0 Å². The minimum atomic E-state index is -0.181. The van der Waals surface area contributed by atoms with Crippen LogP contribution in [0.2, 0.25) is 0 Å². The van der Waals surface area contributed by atoms with Gasteiger partial charge in [0.1, 0.15) is 0 Å². The molecule has 1 N–H and O–H groups in total. The molecule has 0 bridgehead atoms. The number of hydrogen-bond donors (Lipinski definition) is 1. The van der Waals surface area contributed by atoms with Crippen LogP contribution in [-0.2, 0) is 0 Å². The van der Waals surface area contributed by atoms with Crippen LogP contribution in [0.5, 0.6) is 0 Å². The lowest BCUT2D eigenvalue weighted by Crippen LogP contribution is -2.26. The Labute approximate surface area is 70.8 Å². The minimum Gasteiger partial charge on any atom is -0.393 e. The van der Waals surface area contributed by atoms with Crippen LogP contribution < -0.4 is 0 Å². The molecule has 0 amide bonds. The van der Waals surface area contributed by atoms with Gasteiger partial charge in [-0.1, -0.05) is 40.0 Å². The van der Waals surface area contributed by atoms with Crippen LogP contribution in [0.1, 0.15) is 53.4 Å². The van der Waals surface area contributed by atoms with Crippen LogP contribution >= 0.6 is 0 Å². The quantitative estimate of drug-likeness (QED) is 0.610. The van der Waals surface area contributed by atoms with Gasteiger partial charge >= 0.3 is 0 Å². The van der Waals surface area contributed by atoms with Gasteiger partial charge in [0, 0.05) is 0 Å². The fraction of sp³-hybridized carbons (Fsp3) is 1.00. The summed E-state index contributed by atoms with van der Waals surface area (Å²) in [7, 11) is 0. The van der Waals surface area contributed by atoms with E-state index in [2.05, 4.69) is 20.8 Å². The molecule has 0 aliphatic heterocycles. The molecule has 0 saturated carbocycles. The van der Waals surface area contributed by atoms with E-state index in [-0.39, 0.29) is 11.5 Å². The normalized spacial score (nSPS) is 15.0. The van der Waals surface area contributed by atoms with Crippen LogP contribution in [0.25, 0.3) is 0 Å². The Bertz CT molecular complexity index is 95.0. The second-order valence-electron chi connectivity index (χ2n) is 4.12. The highest BCUT2D eigenvalue weighted by Gasteiger charge is 2.22. The summed E-state index contributed by atoms with van der Waals surface area (Å²) < 4.78 is 0. The number of aliphatic hydroxyl groups is 1. The number of hydrogen-bond acceptors (Lipinski definition) is 1. The first-order valence-corrected chi connectivity index (χ1v) is 4.68. The van der Waals surface area contributed by atoms with Gasteiger partial charge in [0.25, 0.3) is 0 Å². The Kier molecular flexibility index (Phi) is 4.74. The lowest BCUT2D eigenvalue weighted by atomic mass is 9.82. The minimum absolute atomic E-state index is 0.106. The number of rotatable bonds is 5. The van der Waals surface area contributed by atoms with Gasteiger partial charge in [-0.2, -0.15) is 0 Å². The zero-order valence-corrected chi connectivity index (χ0v) is 8.35. The lowest BCUT2D eigenvalue weighted by molar-refractivity contribution is 0.0578. The van der Waals surface area contributed by atoms with Gasteiger partial charge in [0.2, 0.25) is 0 Å². The molecule has 0 spiro atoms. The van der Waals surface area contributed by atoms with Crippen LogP contribution in [0.4, 0.5) is 0 Å². The van der Waals surface area contributed by atoms with Gasteiger partial charge in [-0.25, -0.2) is 0 Å². The van der Waals surface area contributed by atoms with Crippen molar-refractivity contribution in [3.8, 4) is 0 Å². The summed E-state index contributed by atoms with van der Waals surface area (Å²) in [6, 6.07) is 0. The smallest absolute Gasteiger partial charge is 0.0563 e. The summed E-state index contributed by atoms with van der Waals surface area (Å²) in [4.78, 5) is 0. The number of aliphatic hydroxyl groups excluding tert-OH is 1. The van der Waals surface area contributed by atoms with Crippen LogP contribution in [0, 0.1) is 5.41 Å². The highest BCUT2D eigenvalue weighted by molar-refractivity contribution is 4.73. The van der Waals surface area contributed by atoms with Gasteiger partial charge in [-0.15, -0.1) is 0 Å². The Balaban J connectivity index is 3.55. The van der Waals surface area contributed by atoms with Crippen LogP contribution in [0.15, 0.2) is 0 Å². The molecule has 0 aliphatic carbocycles. The van der Waals surface area contributed by atoms with Crippen molar-refractivity contribution in [1.82, 2.24) is 0 Å². The molecule has 0 aromatic carbocycles. The van der Waals surface area contributed by atoms with Crippen LogP contribution in [-0.4, -0.2) is 11.2 Å². The van der Waals surface area contributed by atoms with Gasteiger partial charge in [-0.05, 0) is 18.8 Å². The Morgan fingerprint density at radius 1 is 1.27 bits per heavy atom. The van der Waals surface area contributed by atoms with E-state index in [0.29, 0.717) is 0 Å². The molecule has 11 heavy (non-hydrogen) atoms. The second kappa shape index (κ2) is 4.76. The van der Waals surface area contributed by atoms with Crippen molar-refractivity contribution in [2.24, 2.45) is 5.41 Å². The van der Waals surface area contributed by atoms with E-state index in [1.807, 2.05) is 6.92 Å². The van der Waals surface area contributed by atoms with Crippen molar-refractivity contribution >= 4 is 0 Å². The van der Waals surface area contributed by atoms with Crippen molar-refractivity contribution in [2.45, 2.75) is 59.5 Å². The van der Waals surface area contributed by atoms with Gasteiger partial charge < -0.3 is 5.11 Å². The Hall–Kier alpha value is -0.0400. The highest BCUT2D eigenvalue weighted by atomic mass is 16.3. The highest BCUT2D eigenvalue weighted by Crippen LogP contribution is 2.27. The number of unbranched alkanes of at least 4 members (excludes halogenated alkanes) is 2. The molecule has 1 unspecified atom stereocenters. The fourth-order valence-corrected chi connectivity index (χ4v) is 1.04. The average molecular weight is 158 g/mol. The lowest BCUT2D eigenvalue weighted by Gasteiger charge is -2.27. The Morgan fingerprint density at radius 2 is 1.82 bits per heavy atom. The first-order chi connectivity index (χ1) is 5.00. The topological polar surface area (TPSA) is 20.2 Å². The Morgan fingerprint density at radius 3 is 2.18 bits per heavy atom. The molecule has 0 saturated heterocycles. The molecule has 0 rings (SSSR count). The van der Waals surface area contributed by atoms with E-state index >= 15 is 0 Å². The largest absolute Gasteiger partial charge is 0.393 e. The van der Waals surface area contributed by atoms with Gasteiger partial charge in [0.15, 0.2) is 0 Å². The van der Waals surface area contributed by atoms with Crippen LogP contribution in [0.3, 0.4) is 0 Å². The molecule has 68 valence electrons. The average Bonchev–Trinajstić information content (AvgIpc) is 1.88. The monoisotopic (exact) mass is 158 g/mol. The zero-order valence-electron chi connectivity index (χ0n) is 8.35. The molecule has 0 aliphatic rings. The maximum Gasteiger partial charge on any atom is 0.0563 e. The van der Waals surface area contributed by atoms with Crippen molar-refractivity contribution < 1.29 is 5.11 Å². The maximum absolute atomic E-state index is 9.38. The third-order valence-corrected chi connectivity index (χ3v) is 2.56. The second-order valence-corrected chi connectivity index (χ2v) is 4.12. The summed E-state index contributed by atoms with van der Waals surface area (Å²) >= 11 is 0. The standard InChI is InChI=1S/C10H22O/c1-5-6-7-8-10(3,4)9(2)11/h9,11H,5-8H2,1-4H3. The molecule has 0 aromatic rings. The summed E-state index contributed by atoms with van der Waals surface area (Å²) in [5, 5.41) is 9.38. The van der Waals surface area contributed by atoms with E-state index in [4.69, 9.17) is 0 Å². The van der Waals surface area contributed by atoms with Crippen molar-refractivity contribution in [3.05, 3.63) is 0 Å². The van der Waals surface area contributed by atoms with E-state index in [9.17, 15) is 5.11 Å². The summed E-state index contributed by atoms with van der Waals surface area (Å²) in [5.74, 6) is 0. The zero-order chi connectivity index (χ0) is 8.91. The van der Waals surface area contributed by atoms with E-state index in [0.717, 1.165) is 6.42 Å². The fourth-order valence-electron chi connectivity index (χ4n) is 1.04.